The average molecular weight is 390 g/mol. The van der Waals surface area contributed by atoms with E-state index in [0.29, 0.717) is 10.0 Å². The molecule has 1 aromatic heterocycles. The second kappa shape index (κ2) is 7.68. The molecule has 0 radical (unpaired) electrons. The molecule has 0 unspecified atom stereocenters. The first-order chi connectivity index (χ1) is 12.0. The number of anilines is 1. The zero-order valence-electron chi connectivity index (χ0n) is 15.6. The van der Waals surface area contributed by atoms with Gasteiger partial charge in [0.1, 0.15) is 16.2 Å². The first-order valence-corrected chi connectivity index (χ1v) is 9.55. The number of aliphatic hydroxyl groups is 1. The number of hydrogen-bond acceptors (Lipinski definition) is 6. The number of nitriles is 1. The number of amides is 1. The maximum atomic E-state index is 13.0. The average Bonchev–Trinajstić information content (AvgIpc) is 2.85. The summed E-state index contributed by atoms with van der Waals surface area (Å²) in [5.74, 6) is -0.675. The van der Waals surface area contributed by atoms with Gasteiger partial charge in [0.05, 0.1) is 10.2 Å². The summed E-state index contributed by atoms with van der Waals surface area (Å²) in [5, 5.41) is 19.8. The van der Waals surface area contributed by atoms with E-state index in [1.807, 2.05) is 52.8 Å². The molecule has 26 heavy (non-hydrogen) atoms. The molecule has 0 saturated heterocycles. The molecule has 0 aliphatic rings. The predicted molar refractivity (Wildman–Crippen MR) is 109 cm³/mol. The molecule has 2 rings (SSSR count). The molecular formula is C19H23N3O2S2. The molecule has 1 heterocycles. The van der Waals surface area contributed by atoms with Crippen molar-refractivity contribution in [1.29, 1.82) is 5.26 Å². The van der Waals surface area contributed by atoms with Gasteiger partial charge in [0.15, 0.2) is 5.57 Å². The van der Waals surface area contributed by atoms with Gasteiger partial charge < -0.3 is 10.0 Å². The number of carbonyl (C=O) groups is 1. The molecule has 1 amide bonds. The lowest BCUT2D eigenvalue weighted by Gasteiger charge is -2.27. The van der Waals surface area contributed by atoms with Crippen LogP contribution in [0.4, 0.5) is 5.69 Å². The van der Waals surface area contributed by atoms with Crippen molar-refractivity contribution in [1.82, 2.24) is 4.98 Å². The summed E-state index contributed by atoms with van der Waals surface area (Å²) >= 11 is 5.69. The Morgan fingerprint density at radius 2 is 2.08 bits per heavy atom. The van der Waals surface area contributed by atoms with Crippen LogP contribution in [0.1, 0.15) is 41.0 Å². The van der Waals surface area contributed by atoms with Crippen molar-refractivity contribution in [3.63, 3.8) is 0 Å². The molecule has 1 N–H and O–H groups in total. The van der Waals surface area contributed by atoms with Crippen LogP contribution in [0.2, 0.25) is 0 Å². The van der Waals surface area contributed by atoms with E-state index in [9.17, 15) is 15.2 Å². The minimum Gasteiger partial charge on any atom is -0.511 e. The van der Waals surface area contributed by atoms with E-state index < -0.39 is 5.91 Å². The summed E-state index contributed by atoms with van der Waals surface area (Å²) in [6.07, 6.45) is 0.254. The Balaban J connectivity index is 2.48. The summed E-state index contributed by atoms with van der Waals surface area (Å²) in [6, 6.07) is 7.18. The van der Waals surface area contributed by atoms with Gasteiger partial charge in [0.2, 0.25) is 0 Å². The van der Waals surface area contributed by atoms with Crippen LogP contribution in [0.5, 0.6) is 0 Å². The Labute approximate surface area is 163 Å². The Bertz CT molecular complexity index is 902. The van der Waals surface area contributed by atoms with Gasteiger partial charge in [-0.25, -0.2) is 4.98 Å². The van der Waals surface area contributed by atoms with E-state index in [1.54, 1.807) is 6.07 Å². The third-order valence-electron chi connectivity index (χ3n) is 3.69. The first kappa shape index (κ1) is 20.3. The normalized spacial score (nSPS) is 12.8. The largest absolute Gasteiger partial charge is 0.511 e. The maximum absolute atomic E-state index is 13.0. The van der Waals surface area contributed by atoms with Gasteiger partial charge in [0.25, 0.3) is 5.91 Å². The van der Waals surface area contributed by atoms with Crippen LogP contribution >= 0.6 is 24.0 Å². The van der Waals surface area contributed by atoms with Gasteiger partial charge >= 0.3 is 0 Å². The van der Waals surface area contributed by atoms with Crippen molar-refractivity contribution in [2.45, 2.75) is 51.4 Å². The molecular weight excluding hydrogens is 366 g/mol. The van der Waals surface area contributed by atoms with Gasteiger partial charge in [-0.3, -0.25) is 4.79 Å². The molecule has 0 aliphatic heterocycles. The van der Waals surface area contributed by atoms with E-state index in [4.69, 9.17) is 0 Å². The van der Waals surface area contributed by atoms with E-state index >= 15 is 0 Å². The van der Waals surface area contributed by atoms with Crippen LogP contribution in [-0.2, 0) is 4.79 Å². The summed E-state index contributed by atoms with van der Waals surface area (Å²) in [5.41, 5.74) is 1.02. The fourth-order valence-corrected chi connectivity index (χ4v) is 3.79. The lowest BCUT2D eigenvalue weighted by Crippen LogP contribution is -2.38. The number of hydrogen-bond donors (Lipinski definition) is 2. The van der Waals surface area contributed by atoms with Crippen molar-refractivity contribution in [3.8, 4) is 6.07 Å². The fourth-order valence-electron chi connectivity index (χ4n) is 2.65. The number of allylic oxidation sites excluding steroid dienone is 1. The Kier molecular flexibility index (Phi) is 5.99. The maximum Gasteiger partial charge on any atom is 0.272 e. The van der Waals surface area contributed by atoms with Gasteiger partial charge in [-0.05, 0) is 37.5 Å². The summed E-state index contributed by atoms with van der Waals surface area (Å²) in [6.45, 7) is 9.56. The number of nitrogens with zero attached hydrogens (tertiary/aromatic N) is 3. The van der Waals surface area contributed by atoms with E-state index in [1.165, 1.54) is 16.2 Å². The second-order valence-electron chi connectivity index (χ2n) is 7.59. The predicted octanol–water partition coefficient (Wildman–Crippen LogP) is 5.10. The highest BCUT2D eigenvalue weighted by Gasteiger charge is 2.27. The molecule has 0 atom stereocenters. The zero-order valence-corrected chi connectivity index (χ0v) is 17.3. The van der Waals surface area contributed by atoms with Crippen molar-refractivity contribution in [2.24, 2.45) is 5.41 Å². The SMILES string of the molecule is CC(C)N(C(=O)C(C#N)=C(O)CC(C)(C)C)c1ccc2nc(S)sc2c1. The number of carbonyl (C=O) groups excluding carboxylic acids is 1. The van der Waals surface area contributed by atoms with Crippen LogP contribution in [0.3, 0.4) is 0 Å². The van der Waals surface area contributed by atoms with Crippen molar-refractivity contribution >= 4 is 45.8 Å². The molecule has 7 heteroatoms. The van der Waals surface area contributed by atoms with Crippen LogP contribution in [-0.4, -0.2) is 22.0 Å². The standard InChI is InChI=1S/C19H23N3O2S2/c1-11(2)22(12-6-7-14-16(8-12)26-18(25)21-14)17(24)13(10-20)15(23)9-19(3,4)5/h6-8,11,23H,9H2,1-5H3,(H,21,25). The molecule has 138 valence electrons. The minimum absolute atomic E-state index is 0.174. The molecule has 0 fully saturated rings. The Morgan fingerprint density at radius 3 is 2.62 bits per heavy atom. The Morgan fingerprint density at radius 1 is 1.42 bits per heavy atom. The van der Waals surface area contributed by atoms with Crippen LogP contribution in [0.25, 0.3) is 10.2 Å². The molecule has 1 aromatic carbocycles. The van der Waals surface area contributed by atoms with E-state index in [-0.39, 0.29) is 29.2 Å². The number of rotatable bonds is 4. The number of fused-ring (bicyclic) bond motifs is 1. The minimum atomic E-state index is -0.501. The van der Waals surface area contributed by atoms with Crippen LogP contribution < -0.4 is 4.90 Å². The lowest BCUT2D eigenvalue weighted by molar-refractivity contribution is -0.115. The molecule has 2 aromatic rings. The quantitative estimate of drug-likeness (QED) is 0.330. The van der Waals surface area contributed by atoms with Gasteiger partial charge in [0, 0.05) is 18.2 Å². The van der Waals surface area contributed by atoms with Gasteiger partial charge in [-0.2, -0.15) is 5.26 Å². The number of thiazole rings is 1. The van der Waals surface area contributed by atoms with Crippen LogP contribution in [0.15, 0.2) is 33.9 Å². The van der Waals surface area contributed by atoms with E-state index in [2.05, 4.69) is 17.6 Å². The van der Waals surface area contributed by atoms with Crippen molar-refractivity contribution < 1.29 is 9.90 Å². The summed E-state index contributed by atoms with van der Waals surface area (Å²) < 4.78 is 1.56. The number of aromatic nitrogens is 1. The third-order valence-corrected chi connectivity index (χ3v) is 4.88. The van der Waals surface area contributed by atoms with Crippen LogP contribution in [0, 0.1) is 16.7 Å². The summed E-state index contributed by atoms with van der Waals surface area (Å²) in [4.78, 5) is 18.9. The molecule has 0 saturated carbocycles. The van der Waals surface area contributed by atoms with E-state index in [0.717, 1.165) is 10.2 Å². The number of thiol groups is 1. The third kappa shape index (κ3) is 4.57. The smallest absolute Gasteiger partial charge is 0.272 e. The monoisotopic (exact) mass is 389 g/mol. The van der Waals surface area contributed by atoms with Gasteiger partial charge in [-0.15, -0.1) is 24.0 Å². The molecule has 0 aliphatic carbocycles. The van der Waals surface area contributed by atoms with Crippen molar-refractivity contribution in [2.75, 3.05) is 4.90 Å². The first-order valence-electron chi connectivity index (χ1n) is 8.29. The number of aliphatic hydroxyl groups excluding tert-OH is 1. The topological polar surface area (TPSA) is 77.2 Å². The summed E-state index contributed by atoms with van der Waals surface area (Å²) in [7, 11) is 0. The highest BCUT2D eigenvalue weighted by atomic mass is 32.2. The lowest BCUT2D eigenvalue weighted by atomic mass is 9.90. The molecule has 5 nitrogen and oxygen atoms in total. The van der Waals surface area contributed by atoms with Gasteiger partial charge in [-0.1, -0.05) is 20.8 Å². The fraction of sp³-hybridized carbons (Fsp3) is 0.421. The number of benzene rings is 1. The molecule has 0 spiro atoms. The zero-order chi connectivity index (χ0) is 19.6. The molecule has 0 bridgehead atoms. The highest BCUT2D eigenvalue weighted by Crippen LogP contribution is 2.31. The van der Waals surface area contributed by atoms with Crippen molar-refractivity contribution in [3.05, 3.63) is 29.5 Å². The Hall–Kier alpha value is -2.04. The second-order valence-corrected chi connectivity index (χ2v) is 9.35. The highest BCUT2D eigenvalue weighted by molar-refractivity contribution is 7.82.